The standard InChI is InChI=1S/C14H19N3O4/c1-14(2,3)10(12(19)20)17-13(21)16-9-6-4-8(5-7-9)11(15)18/h4-7,10H,1-3H3,(H2,15,18)(H,19,20)(H2,16,17,21)/t10-/m0/s1. The van der Waals surface area contributed by atoms with Gasteiger partial charge in [-0.05, 0) is 29.7 Å². The van der Waals surface area contributed by atoms with Crippen LogP contribution in [0.1, 0.15) is 31.1 Å². The zero-order valence-corrected chi connectivity index (χ0v) is 12.1. The maximum atomic E-state index is 11.8. The van der Waals surface area contributed by atoms with Gasteiger partial charge >= 0.3 is 12.0 Å². The van der Waals surface area contributed by atoms with E-state index in [2.05, 4.69) is 10.6 Å². The van der Waals surface area contributed by atoms with Crippen molar-refractivity contribution in [2.75, 3.05) is 5.32 Å². The number of carbonyl (C=O) groups excluding carboxylic acids is 2. The third-order valence-electron chi connectivity index (χ3n) is 2.82. The molecule has 1 atom stereocenters. The monoisotopic (exact) mass is 293 g/mol. The molecule has 0 spiro atoms. The van der Waals surface area contributed by atoms with Crippen molar-refractivity contribution in [3.63, 3.8) is 0 Å². The Labute approximate surface area is 122 Å². The highest BCUT2D eigenvalue weighted by molar-refractivity contribution is 5.95. The molecule has 0 radical (unpaired) electrons. The van der Waals surface area contributed by atoms with Crippen molar-refractivity contribution < 1.29 is 19.5 Å². The molecule has 0 aliphatic rings. The van der Waals surface area contributed by atoms with Gasteiger partial charge in [0.2, 0.25) is 5.91 Å². The second kappa shape index (κ2) is 6.25. The summed E-state index contributed by atoms with van der Waals surface area (Å²) in [6.07, 6.45) is 0. The van der Waals surface area contributed by atoms with E-state index in [1.807, 2.05) is 0 Å². The van der Waals surface area contributed by atoms with Crippen molar-refractivity contribution in [2.45, 2.75) is 26.8 Å². The number of carboxylic acid groups (broad SMARTS) is 1. The third-order valence-corrected chi connectivity index (χ3v) is 2.82. The predicted octanol–water partition coefficient (Wildman–Crippen LogP) is 1.41. The zero-order chi connectivity index (χ0) is 16.2. The number of carboxylic acids is 1. The van der Waals surface area contributed by atoms with Gasteiger partial charge in [-0.1, -0.05) is 20.8 Å². The highest BCUT2D eigenvalue weighted by Gasteiger charge is 2.32. The summed E-state index contributed by atoms with van der Waals surface area (Å²) in [7, 11) is 0. The third kappa shape index (κ3) is 4.79. The van der Waals surface area contributed by atoms with Gasteiger partial charge in [0.15, 0.2) is 0 Å². The smallest absolute Gasteiger partial charge is 0.326 e. The normalized spacial score (nSPS) is 12.3. The topological polar surface area (TPSA) is 122 Å². The lowest BCUT2D eigenvalue weighted by atomic mass is 9.87. The number of rotatable bonds is 4. The summed E-state index contributed by atoms with van der Waals surface area (Å²) in [5.41, 5.74) is 5.23. The Morgan fingerprint density at radius 1 is 1.14 bits per heavy atom. The lowest BCUT2D eigenvalue weighted by Gasteiger charge is -2.27. The van der Waals surface area contributed by atoms with Gasteiger partial charge < -0.3 is 21.5 Å². The van der Waals surface area contributed by atoms with Crippen LogP contribution in [0.3, 0.4) is 0 Å². The number of amides is 3. The molecule has 1 aromatic carbocycles. The van der Waals surface area contributed by atoms with Crippen molar-refractivity contribution >= 4 is 23.6 Å². The molecule has 3 amide bonds. The van der Waals surface area contributed by atoms with Crippen molar-refractivity contribution in [1.29, 1.82) is 0 Å². The van der Waals surface area contributed by atoms with Crippen LogP contribution in [0.15, 0.2) is 24.3 Å². The fourth-order valence-electron chi connectivity index (χ4n) is 1.66. The Hall–Kier alpha value is -2.57. The Kier molecular flexibility index (Phi) is 4.91. The number of primary amides is 1. The molecule has 0 unspecified atom stereocenters. The lowest BCUT2D eigenvalue weighted by molar-refractivity contribution is -0.141. The van der Waals surface area contributed by atoms with Crippen LogP contribution in [0.5, 0.6) is 0 Å². The number of anilines is 1. The molecule has 0 saturated heterocycles. The molecule has 5 N–H and O–H groups in total. The molecular formula is C14H19N3O4. The zero-order valence-electron chi connectivity index (χ0n) is 12.1. The van der Waals surface area contributed by atoms with Gasteiger partial charge in [0, 0.05) is 11.3 Å². The highest BCUT2D eigenvalue weighted by Crippen LogP contribution is 2.19. The van der Waals surface area contributed by atoms with E-state index in [1.165, 1.54) is 24.3 Å². The number of nitrogens with one attached hydrogen (secondary N) is 2. The summed E-state index contributed by atoms with van der Waals surface area (Å²) < 4.78 is 0. The summed E-state index contributed by atoms with van der Waals surface area (Å²) >= 11 is 0. The summed E-state index contributed by atoms with van der Waals surface area (Å²) in [6.45, 7) is 5.15. The molecule has 0 aliphatic heterocycles. The number of carbonyl (C=O) groups is 3. The van der Waals surface area contributed by atoms with Crippen LogP contribution >= 0.6 is 0 Å². The first-order valence-corrected chi connectivity index (χ1v) is 6.31. The molecule has 21 heavy (non-hydrogen) atoms. The largest absolute Gasteiger partial charge is 0.480 e. The molecule has 0 aromatic heterocycles. The molecule has 0 saturated carbocycles. The van der Waals surface area contributed by atoms with Gasteiger partial charge in [0.1, 0.15) is 6.04 Å². The van der Waals surface area contributed by atoms with Crippen LogP contribution in [0.2, 0.25) is 0 Å². The van der Waals surface area contributed by atoms with Crippen LogP contribution in [0, 0.1) is 5.41 Å². The minimum absolute atomic E-state index is 0.319. The quantitative estimate of drug-likeness (QED) is 0.670. The van der Waals surface area contributed by atoms with E-state index in [4.69, 9.17) is 10.8 Å². The molecule has 0 heterocycles. The maximum absolute atomic E-state index is 11.8. The minimum Gasteiger partial charge on any atom is -0.480 e. The van der Waals surface area contributed by atoms with E-state index < -0.39 is 29.4 Å². The van der Waals surface area contributed by atoms with Crippen molar-refractivity contribution in [3.05, 3.63) is 29.8 Å². The number of nitrogens with two attached hydrogens (primary N) is 1. The fraction of sp³-hybridized carbons (Fsp3) is 0.357. The first kappa shape index (κ1) is 16.5. The predicted molar refractivity (Wildman–Crippen MR) is 78.0 cm³/mol. The minimum atomic E-state index is -1.11. The van der Waals surface area contributed by atoms with Crippen LogP contribution in [0.25, 0.3) is 0 Å². The number of benzene rings is 1. The van der Waals surface area contributed by atoms with E-state index in [9.17, 15) is 14.4 Å². The van der Waals surface area contributed by atoms with Crippen LogP contribution in [-0.4, -0.2) is 29.1 Å². The van der Waals surface area contributed by atoms with Crippen LogP contribution in [-0.2, 0) is 4.79 Å². The van der Waals surface area contributed by atoms with Crippen molar-refractivity contribution in [2.24, 2.45) is 11.1 Å². The molecular weight excluding hydrogens is 274 g/mol. The average Bonchev–Trinajstić information content (AvgIpc) is 2.35. The summed E-state index contributed by atoms with van der Waals surface area (Å²) in [5, 5.41) is 14.0. The summed E-state index contributed by atoms with van der Waals surface area (Å²) in [5.74, 6) is -1.67. The second-order valence-corrected chi connectivity index (χ2v) is 5.68. The molecule has 7 nitrogen and oxygen atoms in total. The second-order valence-electron chi connectivity index (χ2n) is 5.68. The molecule has 1 aromatic rings. The Morgan fingerprint density at radius 3 is 2.05 bits per heavy atom. The number of hydrogen-bond acceptors (Lipinski definition) is 3. The summed E-state index contributed by atoms with van der Waals surface area (Å²) in [4.78, 5) is 33.9. The van der Waals surface area contributed by atoms with Gasteiger partial charge in [0.05, 0.1) is 0 Å². The SMILES string of the molecule is CC(C)(C)[C@@H](NC(=O)Nc1ccc(C(N)=O)cc1)C(=O)O. The number of aliphatic carboxylic acids is 1. The van der Waals surface area contributed by atoms with E-state index in [0.717, 1.165) is 0 Å². The highest BCUT2D eigenvalue weighted by atomic mass is 16.4. The van der Waals surface area contributed by atoms with E-state index in [0.29, 0.717) is 11.3 Å². The fourth-order valence-corrected chi connectivity index (χ4v) is 1.66. The Morgan fingerprint density at radius 2 is 1.67 bits per heavy atom. The van der Waals surface area contributed by atoms with Gasteiger partial charge in [-0.15, -0.1) is 0 Å². The average molecular weight is 293 g/mol. The van der Waals surface area contributed by atoms with Crippen LogP contribution in [0.4, 0.5) is 10.5 Å². The molecule has 114 valence electrons. The lowest BCUT2D eigenvalue weighted by Crippen LogP contribution is -2.50. The summed E-state index contributed by atoms with van der Waals surface area (Å²) in [6, 6.07) is 4.29. The molecule has 1 rings (SSSR count). The number of urea groups is 1. The van der Waals surface area contributed by atoms with Crippen molar-refractivity contribution in [3.8, 4) is 0 Å². The Bertz CT molecular complexity index is 546. The number of hydrogen-bond donors (Lipinski definition) is 4. The van der Waals surface area contributed by atoms with Gasteiger partial charge in [-0.3, -0.25) is 4.79 Å². The molecule has 7 heteroatoms. The maximum Gasteiger partial charge on any atom is 0.326 e. The molecule has 0 aliphatic carbocycles. The van der Waals surface area contributed by atoms with Gasteiger partial charge in [0.25, 0.3) is 0 Å². The van der Waals surface area contributed by atoms with Crippen molar-refractivity contribution in [1.82, 2.24) is 5.32 Å². The van der Waals surface area contributed by atoms with E-state index >= 15 is 0 Å². The van der Waals surface area contributed by atoms with Gasteiger partial charge in [-0.2, -0.15) is 0 Å². The van der Waals surface area contributed by atoms with Gasteiger partial charge in [-0.25, -0.2) is 9.59 Å². The van der Waals surface area contributed by atoms with Crippen LogP contribution < -0.4 is 16.4 Å². The Balaban J connectivity index is 2.72. The molecule has 0 bridgehead atoms. The first-order valence-electron chi connectivity index (χ1n) is 6.31. The molecule has 0 fully saturated rings. The van der Waals surface area contributed by atoms with E-state index in [1.54, 1.807) is 20.8 Å². The first-order chi connectivity index (χ1) is 9.61. The van der Waals surface area contributed by atoms with E-state index in [-0.39, 0.29) is 0 Å².